The van der Waals surface area contributed by atoms with Crippen LogP contribution in [0.1, 0.15) is 21.5 Å². The molecule has 216 valence electrons. The Bertz CT molecular complexity index is 1480. The predicted octanol–water partition coefficient (Wildman–Crippen LogP) is 2.94. The number of phenolic OH excluding ortho intramolecular Hbond substituents is 2. The van der Waals surface area contributed by atoms with E-state index in [2.05, 4.69) is 30.9 Å². The highest BCUT2D eigenvalue weighted by atomic mass is 16.4. The molecule has 0 saturated carbocycles. The number of aromatic nitrogens is 3. The number of aliphatic carboxylic acids is 2. The molecule has 14 heteroatoms. The minimum atomic E-state index is -1.22. The molecule has 0 aliphatic rings. The Morgan fingerprint density at radius 1 is 0.595 bits per heavy atom. The number of aromatic hydroxyl groups is 2. The molecule has 0 aliphatic carbocycles. The molecule has 8 N–H and O–H groups in total. The summed E-state index contributed by atoms with van der Waals surface area (Å²) in [6.07, 6.45) is 0.00411. The molecular formula is C28H26N6O8. The summed E-state index contributed by atoms with van der Waals surface area (Å²) in [6.45, 7) is 0. The van der Waals surface area contributed by atoms with E-state index in [0.717, 1.165) is 0 Å². The maximum Gasteiger partial charge on any atom is 0.335 e. The van der Waals surface area contributed by atoms with Gasteiger partial charge in [-0.3, -0.25) is 0 Å². The Balaban J connectivity index is 1.63. The number of benzene rings is 3. The van der Waals surface area contributed by atoms with Gasteiger partial charge >= 0.3 is 17.9 Å². The van der Waals surface area contributed by atoms with Gasteiger partial charge in [0.1, 0.15) is 23.6 Å². The number of carboxylic acid groups (broad SMARTS) is 3. The van der Waals surface area contributed by atoms with Crippen LogP contribution in [0.2, 0.25) is 0 Å². The molecule has 4 rings (SSSR count). The normalized spacial score (nSPS) is 12.1. The van der Waals surface area contributed by atoms with Crippen LogP contribution in [0.4, 0.5) is 23.5 Å². The monoisotopic (exact) mass is 574 g/mol. The highest BCUT2D eigenvalue weighted by Crippen LogP contribution is 2.20. The van der Waals surface area contributed by atoms with Crippen LogP contribution in [-0.4, -0.2) is 70.5 Å². The third-order valence-electron chi connectivity index (χ3n) is 5.98. The first-order chi connectivity index (χ1) is 20.0. The summed E-state index contributed by atoms with van der Waals surface area (Å²) in [5, 5.41) is 56.2. The van der Waals surface area contributed by atoms with Crippen LogP contribution >= 0.6 is 0 Å². The number of carbonyl (C=O) groups is 3. The van der Waals surface area contributed by atoms with Gasteiger partial charge in [-0.25, -0.2) is 14.4 Å². The van der Waals surface area contributed by atoms with E-state index in [1.54, 1.807) is 24.3 Å². The highest BCUT2D eigenvalue weighted by molar-refractivity contribution is 5.88. The average Bonchev–Trinajstić information content (AvgIpc) is 2.94. The molecule has 0 aliphatic heterocycles. The molecular weight excluding hydrogens is 548 g/mol. The van der Waals surface area contributed by atoms with Gasteiger partial charge in [0.05, 0.1) is 5.56 Å². The van der Waals surface area contributed by atoms with Crippen molar-refractivity contribution in [3.8, 4) is 11.5 Å². The largest absolute Gasteiger partial charge is 0.508 e. The molecule has 0 spiro atoms. The van der Waals surface area contributed by atoms with Crippen molar-refractivity contribution in [3.05, 3.63) is 89.5 Å². The van der Waals surface area contributed by atoms with Crippen molar-refractivity contribution in [1.29, 1.82) is 0 Å². The first-order valence-corrected chi connectivity index (χ1v) is 12.5. The lowest BCUT2D eigenvalue weighted by Crippen LogP contribution is -2.34. The van der Waals surface area contributed by atoms with Crippen molar-refractivity contribution in [2.24, 2.45) is 0 Å². The Labute approximate surface area is 238 Å². The van der Waals surface area contributed by atoms with Gasteiger partial charge in [-0.05, 0) is 59.7 Å². The number of phenols is 2. The van der Waals surface area contributed by atoms with E-state index in [9.17, 15) is 34.8 Å². The van der Waals surface area contributed by atoms with E-state index >= 15 is 0 Å². The summed E-state index contributed by atoms with van der Waals surface area (Å²) in [7, 11) is 0. The van der Waals surface area contributed by atoms with Gasteiger partial charge < -0.3 is 41.5 Å². The Hall–Kier alpha value is -5.92. The smallest absolute Gasteiger partial charge is 0.335 e. The third kappa shape index (κ3) is 8.05. The molecule has 0 saturated heterocycles. The van der Waals surface area contributed by atoms with Gasteiger partial charge in [-0.1, -0.05) is 24.3 Å². The van der Waals surface area contributed by atoms with Crippen LogP contribution in [0, 0.1) is 0 Å². The second kappa shape index (κ2) is 13.0. The molecule has 14 nitrogen and oxygen atoms in total. The quantitative estimate of drug-likeness (QED) is 0.115. The first-order valence-electron chi connectivity index (χ1n) is 12.5. The molecule has 42 heavy (non-hydrogen) atoms. The number of hydrogen-bond acceptors (Lipinski definition) is 11. The fourth-order valence-electron chi connectivity index (χ4n) is 3.83. The lowest BCUT2D eigenvalue weighted by molar-refractivity contribution is -0.138. The van der Waals surface area contributed by atoms with E-state index in [0.29, 0.717) is 16.8 Å². The van der Waals surface area contributed by atoms with Crippen molar-refractivity contribution < 1.29 is 39.9 Å². The van der Waals surface area contributed by atoms with E-state index in [4.69, 9.17) is 5.11 Å². The molecule has 1 aromatic heterocycles. The van der Waals surface area contributed by atoms with Gasteiger partial charge in [-0.2, -0.15) is 15.0 Å². The number of nitrogens with zero attached hydrogens (tertiary/aromatic N) is 3. The topological polar surface area (TPSA) is 227 Å². The Kier molecular flexibility index (Phi) is 8.97. The second-order valence-corrected chi connectivity index (χ2v) is 9.13. The molecule has 1 heterocycles. The van der Waals surface area contributed by atoms with Crippen molar-refractivity contribution in [2.45, 2.75) is 24.9 Å². The molecule has 3 aromatic carbocycles. The van der Waals surface area contributed by atoms with Crippen LogP contribution in [-0.2, 0) is 22.4 Å². The Morgan fingerprint density at radius 3 is 1.38 bits per heavy atom. The zero-order chi connectivity index (χ0) is 30.2. The van der Waals surface area contributed by atoms with Crippen LogP contribution in [0.15, 0.2) is 72.8 Å². The Morgan fingerprint density at radius 2 is 1.00 bits per heavy atom. The summed E-state index contributed by atoms with van der Waals surface area (Å²) in [5.41, 5.74) is 1.67. The van der Waals surface area contributed by atoms with Crippen LogP contribution in [0.5, 0.6) is 11.5 Å². The molecule has 0 radical (unpaired) electrons. The molecule has 2 unspecified atom stereocenters. The predicted molar refractivity (Wildman–Crippen MR) is 150 cm³/mol. The lowest BCUT2D eigenvalue weighted by Gasteiger charge is -2.18. The number of nitrogens with one attached hydrogen (secondary N) is 3. The van der Waals surface area contributed by atoms with E-state index in [-0.39, 0.29) is 47.7 Å². The number of anilines is 4. The van der Waals surface area contributed by atoms with Gasteiger partial charge in [0, 0.05) is 18.5 Å². The van der Waals surface area contributed by atoms with Crippen LogP contribution in [0.3, 0.4) is 0 Å². The van der Waals surface area contributed by atoms with Gasteiger partial charge in [0.25, 0.3) is 0 Å². The molecule has 0 amide bonds. The molecule has 4 aromatic rings. The van der Waals surface area contributed by atoms with E-state index in [1.165, 1.54) is 48.5 Å². The van der Waals surface area contributed by atoms with Crippen molar-refractivity contribution in [3.63, 3.8) is 0 Å². The number of hydrogen-bond donors (Lipinski definition) is 8. The minimum absolute atomic E-state index is 0.00206. The fourth-order valence-corrected chi connectivity index (χ4v) is 3.83. The number of rotatable bonds is 13. The van der Waals surface area contributed by atoms with Crippen LogP contribution in [0.25, 0.3) is 0 Å². The molecule has 2 atom stereocenters. The zero-order valence-corrected chi connectivity index (χ0v) is 21.8. The summed E-state index contributed by atoms with van der Waals surface area (Å²) in [6, 6.07) is 15.3. The summed E-state index contributed by atoms with van der Waals surface area (Å²) in [4.78, 5) is 48.0. The zero-order valence-electron chi connectivity index (χ0n) is 21.8. The summed E-state index contributed by atoms with van der Waals surface area (Å²) >= 11 is 0. The number of aromatic carboxylic acids is 1. The third-order valence-corrected chi connectivity index (χ3v) is 5.98. The van der Waals surface area contributed by atoms with E-state index < -0.39 is 30.0 Å². The SMILES string of the molecule is O=C(O)c1ccc(Nc2nc(NC(Cc3ccc(O)cc3)C(=O)O)nc(NC(Cc3ccc(O)cc3)C(=O)O)n2)cc1. The van der Waals surface area contributed by atoms with Crippen molar-refractivity contribution in [2.75, 3.05) is 16.0 Å². The van der Waals surface area contributed by atoms with Crippen molar-refractivity contribution >= 4 is 41.4 Å². The molecule has 0 bridgehead atoms. The van der Waals surface area contributed by atoms with Crippen molar-refractivity contribution in [1.82, 2.24) is 15.0 Å². The lowest BCUT2D eigenvalue weighted by atomic mass is 10.1. The van der Waals surface area contributed by atoms with Crippen LogP contribution < -0.4 is 16.0 Å². The maximum absolute atomic E-state index is 12.1. The average molecular weight is 575 g/mol. The standard InChI is InChI=1S/C28H26N6O8/c35-19-9-1-15(2-10-19)13-21(24(39)40)30-27-32-26(29-18-7-5-17(6-8-18)23(37)38)33-28(34-27)31-22(25(41)42)14-16-3-11-20(36)12-4-16/h1-12,21-22,35-36H,13-14H2,(H,37,38)(H,39,40)(H,41,42)(H3,29,30,31,32,33,34). The first kappa shape index (κ1) is 29.1. The fraction of sp³-hybridized carbons (Fsp3) is 0.143. The number of carboxylic acids is 3. The van der Waals surface area contributed by atoms with Gasteiger partial charge in [0.15, 0.2) is 0 Å². The van der Waals surface area contributed by atoms with Gasteiger partial charge in [0.2, 0.25) is 17.8 Å². The second-order valence-electron chi connectivity index (χ2n) is 9.13. The van der Waals surface area contributed by atoms with E-state index in [1.807, 2.05) is 0 Å². The molecule has 0 fully saturated rings. The highest BCUT2D eigenvalue weighted by Gasteiger charge is 2.23. The summed E-state index contributed by atoms with van der Waals surface area (Å²) in [5.74, 6) is -3.94. The summed E-state index contributed by atoms with van der Waals surface area (Å²) < 4.78 is 0. The minimum Gasteiger partial charge on any atom is -0.508 e. The van der Waals surface area contributed by atoms with Gasteiger partial charge in [-0.15, -0.1) is 0 Å². The maximum atomic E-state index is 12.1.